The van der Waals surface area contributed by atoms with Crippen LogP contribution in [-0.4, -0.2) is 81.6 Å². The average molecular weight is 499 g/mol. The summed E-state index contributed by atoms with van der Waals surface area (Å²) in [6.45, 7) is 4.01. The number of aliphatic hydroxyl groups excluding tert-OH is 2. The maximum atomic E-state index is 9.17. The smallest absolute Gasteiger partial charge is 0.223 e. The summed E-state index contributed by atoms with van der Waals surface area (Å²) in [5, 5.41) is 25.0. The largest absolute Gasteiger partial charge is 0.396 e. The molecule has 8 N–H and O–H groups in total. The number of aromatic nitrogens is 4. The van der Waals surface area contributed by atoms with Gasteiger partial charge in [-0.1, -0.05) is 0 Å². The van der Waals surface area contributed by atoms with Crippen LogP contribution >= 0.6 is 0 Å². The molecule has 6 rings (SSSR count). The second-order valence-electron chi connectivity index (χ2n) is 10.3. The fourth-order valence-corrected chi connectivity index (χ4v) is 4.63. The van der Waals surface area contributed by atoms with Crippen LogP contribution in [0.3, 0.4) is 0 Å². The fourth-order valence-electron chi connectivity index (χ4n) is 4.63. The maximum absolute atomic E-state index is 9.17. The zero-order valence-corrected chi connectivity index (χ0v) is 20.7. The van der Waals surface area contributed by atoms with E-state index in [2.05, 4.69) is 40.4 Å². The molecule has 36 heavy (non-hydrogen) atoms. The number of anilines is 6. The molecule has 2 aliphatic carbocycles. The lowest BCUT2D eigenvalue weighted by Crippen LogP contribution is -2.22. The van der Waals surface area contributed by atoms with E-state index < -0.39 is 0 Å². The molecule has 2 aromatic rings. The first-order valence-corrected chi connectivity index (χ1v) is 13.0. The molecule has 4 aliphatic rings. The topological polar surface area (TPSA) is 175 Å². The van der Waals surface area contributed by atoms with Gasteiger partial charge in [0.1, 0.15) is 23.3 Å². The van der Waals surface area contributed by atoms with Crippen LogP contribution in [0.15, 0.2) is 12.1 Å². The van der Waals surface area contributed by atoms with E-state index in [1.165, 1.54) is 25.7 Å². The summed E-state index contributed by atoms with van der Waals surface area (Å²) in [5.41, 5.74) is 11.5. The third kappa shape index (κ3) is 6.55. The molecule has 2 saturated carbocycles. The van der Waals surface area contributed by atoms with E-state index in [-0.39, 0.29) is 13.2 Å². The van der Waals surface area contributed by atoms with Gasteiger partial charge in [0.05, 0.1) is 0 Å². The van der Waals surface area contributed by atoms with Gasteiger partial charge in [0, 0.05) is 75.4 Å². The van der Waals surface area contributed by atoms with Gasteiger partial charge >= 0.3 is 0 Å². The van der Waals surface area contributed by atoms with E-state index in [1.54, 1.807) is 0 Å². The highest BCUT2D eigenvalue weighted by Gasteiger charge is 2.26. The molecular weight excluding hydrogens is 460 g/mol. The second-order valence-corrected chi connectivity index (χ2v) is 10.3. The molecule has 2 saturated heterocycles. The van der Waals surface area contributed by atoms with Crippen LogP contribution in [0.25, 0.3) is 0 Å². The van der Waals surface area contributed by atoms with E-state index in [9.17, 15) is 10.2 Å². The molecule has 12 heteroatoms. The van der Waals surface area contributed by atoms with Gasteiger partial charge in [-0.2, -0.15) is 19.9 Å². The monoisotopic (exact) mass is 498 g/mol. The highest BCUT2D eigenvalue weighted by atomic mass is 16.3. The minimum atomic E-state index is 0.240. The molecule has 0 amide bonds. The predicted octanol–water partition coefficient (Wildman–Crippen LogP) is 0.903. The summed E-state index contributed by atoms with van der Waals surface area (Å²) in [6, 6.07) is 5.01. The Kier molecular flexibility index (Phi) is 7.42. The molecule has 0 bridgehead atoms. The Balaban J connectivity index is 0.000000148. The van der Waals surface area contributed by atoms with E-state index in [4.69, 9.17) is 11.5 Å². The number of aliphatic hydroxyl groups is 2. The minimum Gasteiger partial charge on any atom is -0.396 e. The standard InChI is InChI=1S/2C12H19N5O/c2*13-12-15-10(14-9-1-2-9)5-11(16-12)17-4-3-8(6-17)7-18/h2*5,8-9,18H,1-4,6-7H2,(H3,13,14,15,16)/t2*8-/m10/s1. The van der Waals surface area contributed by atoms with Crippen molar-refractivity contribution in [3.8, 4) is 0 Å². The van der Waals surface area contributed by atoms with Crippen molar-refractivity contribution in [1.82, 2.24) is 19.9 Å². The van der Waals surface area contributed by atoms with Crippen LogP contribution in [0.5, 0.6) is 0 Å². The Hall–Kier alpha value is -3.12. The van der Waals surface area contributed by atoms with Crippen molar-refractivity contribution in [2.45, 2.75) is 50.6 Å². The molecule has 0 aromatic carbocycles. The highest BCUT2D eigenvalue weighted by Crippen LogP contribution is 2.29. The number of nitrogens with one attached hydrogen (secondary N) is 2. The molecule has 2 aliphatic heterocycles. The quantitative estimate of drug-likeness (QED) is 0.304. The van der Waals surface area contributed by atoms with Crippen LogP contribution < -0.4 is 31.9 Å². The molecule has 196 valence electrons. The molecule has 2 atom stereocenters. The van der Waals surface area contributed by atoms with Gasteiger partial charge in [-0.05, 0) is 38.5 Å². The van der Waals surface area contributed by atoms with E-state index in [1.807, 2.05) is 12.1 Å². The van der Waals surface area contributed by atoms with Gasteiger partial charge in [0.15, 0.2) is 0 Å². The van der Waals surface area contributed by atoms with Crippen LogP contribution in [0.1, 0.15) is 38.5 Å². The fraction of sp³-hybridized carbons (Fsp3) is 0.667. The molecule has 12 nitrogen and oxygen atoms in total. The summed E-state index contributed by atoms with van der Waals surface area (Å²) >= 11 is 0. The molecule has 0 radical (unpaired) electrons. The average Bonchev–Trinajstić information content (AvgIpc) is 3.75. The summed E-state index contributed by atoms with van der Waals surface area (Å²) in [5.74, 6) is 4.66. The van der Waals surface area contributed by atoms with Crippen molar-refractivity contribution >= 4 is 35.2 Å². The Labute approximate surface area is 211 Å². The number of rotatable bonds is 8. The SMILES string of the molecule is Nc1nc(NC2CC2)cc(N2CC[C@@H](CO)C2)n1.Nc1nc(NC2CC2)cc(N2CC[C@H](CO)C2)n1. The molecular formula is C24H38N10O2. The lowest BCUT2D eigenvalue weighted by molar-refractivity contribution is 0.238. The lowest BCUT2D eigenvalue weighted by Gasteiger charge is -2.18. The second kappa shape index (κ2) is 10.9. The molecule has 0 unspecified atom stereocenters. The van der Waals surface area contributed by atoms with Gasteiger partial charge < -0.3 is 42.1 Å². The van der Waals surface area contributed by atoms with E-state index in [0.717, 1.165) is 62.3 Å². The number of hydrogen-bond acceptors (Lipinski definition) is 12. The summed E-state index contributed by atoms with van der Waals surface area (Å²) in [4.78, 5) is 21.3. The first-order chi connectivity index (χ1) is 17.5. The van der Waals surface area contributed by atoms with E-state index >= 15 is 0 Å². The van der Waals surface area contributed by atoms with Gasteiger partial charge in [-0.15, -0.1) is 0 Å². The van der Waals surface area contributed by atoms with Crippen LogP contribution in [0, 0.1) is 11.8 Å². The van der Waals surface area contributed by atoms with Gasteiger partial charge in [0.2, 0.25) is 11.9 Å². The van der Waals surface area contributed by atoms with Crippen molar-refractivity contribution in [3.05, 3.63) is 12.1 Å². The van der Waals surface area contributed by atoms with Gasteiger partial charge in [-0.25, -0.2) is 0 Å². The van der Waals surface area contributed by atoms with Crippen molar-refractivity contribution in [3.63, 3.8) is 0 Å². The zero-order chi connectivity index (χ0) is 25.1. The number of hydrogen-bond donors (Lipinski definition) is 6. The van der Waals surface area contributed by atoms with E-state index in [0.29, 0.717) is 35.8 Å². The maximum Gasteiger partial charge on any atom is 0.223 e. The zero-order valence-electron chi connectivity index (χ0n) is 20.7. The summed E-state index contributed by atoms with van der Waals surface area (Å²) in [7, 11) is 0. The third-order valence-corrected chi connectivity index (χ3v) is 7.05. The normalized spacial score (nSPS) is 23.4. The van der Waals surface area contributed by atoms with Crippen molar-refractivity contribution in [2.75, 3.05) is 71.3 Å². The van der Waals surface area contributed by atoms with Crippen LogP contribution in [-0.2, 0) is 0 Å². The summed E-state index contributed by atoms with van der Waals surface area (Å²) < 4.78 is 0. The first-order valence-electron chi connectivity index (χ1n) is 13.0. The molecule has 4 heterocycles. The summed E-state index contributed by atoms with van der Waals surface area (Å²) in [6.07, 6.45) is 6.83. The van der Waals surface area contributed by atoms with Crippen LogP contribution in [0.4, 0.5) is 35.2 Å². The number of nitrogen functional groups attached to an aromatic ring is 2. The van der Waals surface area contributed by atoms with Gasteiger partial charge in [-0.3, -0.25) is 0 Å². The Morgan fingerprint density at radius 1 is 0.694 bits per heavy atom. The van der Waals surface area contributed by atoms with Crippen molar-refractivity contribution in [1.29, 1.82) is 0 Å². The van der Waals surface area contributed by atoms with Crippen molar-refractivity contribution in [2.24, 2.45) is 11.8 Å². The molecule has 4 fully saturated rings. The Bertz CT molecular complexity index is 950. The number of nitrogens with zero attached hydrogens (tertiary/aromatic N) is 6. The lowest BCUT2D eigenvalue weighted by atomic mass is 10.1. The van der Waals surface area contributed by atoms with Crippen LogP contribution in [0.2, 0.25) is 0 Å². The molecule has 0 spiro atoms. The number of nitrogens with two attached hydrogens (primary N) is 2. The Morgan fingerprint density at radius 3 is 1.44 bits per heavy atom. The third-order valence-electron chi connectivity index (χ3n) is 7.05. The Morgan fingerprint density at radius 2 is 1.11 bits per heavy atom. The van der Waals surface area contributed by atoms with Gasteiger partial charge in [0.25, 0.3) is 0 Å². The molecule has 2 aromatic heterocycles. The first kappa shape index (κ1) is 24.6. The minimum absolute atomic E-state index is 0.240. The van der Waals surface area contributed by atoms with Crippen molar-refractivity contribution < 1.29 is 10.2 Å². The predicted molar refractivity (Wildman–Crippen MR) is 141 cm³/mol. The highest BCUT2D eigenvalue weighted by molar-refractivity contribution is 5.55.